The molecule has 4 nitrogen and oxygen atoms in total. The summed E-state index contributed by atoms with van der Waals surface area (Å²) in [5.41, 5.74) is 7.93. The van der Waals surface area contributed by atoms with Crippen LogP contribution in [0, 0.1) is 0 Å². The van der Waals surface area contributed by atoms with Gasteiger partial charge in [0, 0.05) is 11.1 Å². The van der Waals surface area contributed by atoms with Crippen molar-refractivity contribution >= 4 is 5.91 Å². The number of nitrogens with two attached hydrogens (primary N) is 1. The van der Waals surface area contributed by atoms with Gasteiger partial charge in [0.1, 0.15) is 11.6 Å². The van der Waals surface area contributed by atoms with Gasteiger partial charge in [0.2, 0.25) is 11.8 Å². The quantitative estimate of drug-likeness (QED) is 0.798. The van der Waals surface area contributed by atoms with E-state index in [2.05, 4.69) is 4.98 Å². The van der Waals surface area contributed by atoms with E-state index in [1.165, 1.54) is 0 Å². The number of hydrogen-bond donors (Lipinski definition) is 1. The van der Waals surface area contributed by atoms with E-state index in [9.17, 15) is 4.79 Å². The van der Waals surface area contributed by atoms with E-state index < -0.39 is 11.8 Å². The molecular formula is C18H16N2O2. The van der Waals surface area contributed by atoms with Gasteiger partial charge >= 0.3 is 0 Å². The standard InChI is InChI=1S/C18H16N2O2/c1-12(17(19)21)18-20-15(13-8-4-2-5-9-13)16(22-18)14-10-6-3-7-11-14/h2-12H,1H3,(H2,19,21). The zero-order chi connectivity index (χ0) is 15.5. The Morgan fingerprint density at radius 3 is 2.09 bits per heavy atom. The van der Waals surface area contributed by atoms with Gasteiger partial charge in [-0.15, -0.1) is 0 Å². The molecule has 1 aromatic heterocycles. The number of amides is 1. The van der Waals surface area contributed by atoms with Gasteiger partial charge in [-0.2, -0.15) is 0 Å². The van der Waals surface area contributed by atoms with Crippen LogP contribution in [0.3, 0.4) is 0 Å². The predicted molar refractivity (Wildman–Crippen MR) is 85.0 cm³/mol. The number of primary amides is 1. The first kappa shape index (κ1) is 14.1. The third-order valence-corrected chi connectivity index (χ3v) is 3.52. The van der Waals surface area contributed by atoms with Crippen molar-refractivity contribution in [3.63, 3.8) is 0 Å². The smallest absolute Gasteiger partial charge is 0.229 e. The summed E-state index contributed by atoms with van der Waals surface area (Å²) in [5, 5.41) is 0. The molecule has 0 saturated carbocycles. The highest BCUT2D eigenvalue weighted by atomic mass is 16.4. The van der Waals surface area contributed by atoms with Gasteiger partial charge in [-0.25, -0.2) is 4.98 Å². The van der Waals surface area contributed by atoms with Crippen LogP contribution in [0.4, 0.5) is 0 Å². The Morgan fingerprint density at radius 2 is 1.55 bits per heavy atom. The minimum absolute atomic E-state index is 0.338. The molecule has 1 unspecified atom stereocenters. The fraction of sp³-hybridized carbons (Fsp3) is 0.111. The molecule has 0 radical (unpaired) electrons. The van der Waals surface area contributed by atoms with Gasteiger partial charge in [-0.1, -0.05) is 60.7 Å². The van der Waals surface area contributed by atoms with Crippen LogP contribution in [0.15, 0.2) is 65.1 Å². The van der Waals surface area contributed by atoms with Crippen LogP contribution in [0.1, 0.15) is 18.7 Å². The van der Waals surface area contributed by atoms with Crippen LogP contribution in [-0.4, -0.2) is 10.9 Å². The van der Waals surface area contributed by atoms with Crippen molar-refractivity contribution in [3.05, 3.63) is 66.6 Å². The van der Waals surface area contributed by atoms with Crippen molar-refractivity contribution in [3.8, 4) is 22.6 Å². The van der Waals surface area contributed by atoms with Crippen molar-refractivity contribution in [1.82, 2.24) is 4.98 Å². The maximum atomic E-state index is 11.4. The Bertz CT molecular complexity index is 722. The minimum Gasteiger partial charge on any atom is -0.439 e. The molecule has 1 amide bonds. The fourth-order valence-corrected chi connectivity index (χ4v) is 2.22. The Morgan fingerprint density at radius 1 is 1.00 bits per heavy atom. The van der Waals surface area contributed by atoms with Crippen LogP contribution in [0.5, 0.6) is 0 Å². The second-order valence-electron chi connectivity index (χ2n) is 5.09. The first-order valence-corrected chi connectivity index (χ1v) is 7.07. The Hall–Kier alpha value is -2.88. The SMILES string of the molecule is CC(C(N)=O)c1nc(-c2ccccc2)c(-c2ccccc2)o1. The molecule has 0 spiro atoms. The molecule has 0 aliphatic heterocycles. The summed E-state index contributed by atoms with van der Waals surface area (Å²) in [6.45, 7) is 1.69. The predicted octanol–water partition coefficient (Wildman–Crippen LogP) is 3.60. The first-order valence-electron chi connectivity index (χ1n) is 7.07. The average molecular weight is 292 g/mol. The Kier molecular flexibility index (Phi) is 3.74. The summed E-state index contributed by atoms with van der Waals surface area (Å²) in [7, 11) is 0. The largest absolute Gasteiger partial charge is 0.439 e. The minimum atomic E-state index is -0.570. The lowest BCUT2D eigenvalue weighted by molar-refractivity contribution is -0.119. The molecular weight excluding hydrogens is 276 g/mol. The molecule has 0 fully saturated rings. The highest BCUT2D eigenvalue weighted by Gasteiger charge is 2.23. The van der Waals surface area contributed by atoms with Gasteiger partial charge in [-0.05, 0) is 6.92 Å². The topological polar surface area (TPSA) is 69.1 Å². The summed E-state index contributed by atoms with van der Waals surface area (Å²) in [4.78, 5) is 15.9. The number of rotatable bonds is 4. The van der Waals surface area contributed by atoms with Crippen LogP contribution in [0.2, 0.25) is 0 Å². The second kappa shape index (κ2) is 5.85. The number of benzene rings is 2. The van der Waals surface area contributed by atoms with E-state index in [1.807, 2.05) is 60.7 Å². The van der Waals surface area contributed by atoms with Crippen LogP contribution >= 0.6 is 0 Å². The normalized spacial score (nSPS) is 12.0. The number of carbonyl (C=O) groups excluding carboxylic acids is 1. The highest BCUT2D eigenvalue weighted by Crippen LogP contribution is 2.34. The molecule has 0 saturated heterocycles. The van der Waals surface area contributed by atoms with Gasteiger partial charge in [-0.3, -0.25) is 4.79 Å². The summed E-state index contributed by atoms with van der Waals surface area (Å²) in [6, 6.07) is 19.5. The molecule has 1 heterocycles. The van der Waals surface area contributed by atoms with Gasteiger partial charge in [0.05, 0.1) is 0 Å². The summed E-state index contributed by atoms with van der Waals surface area (Å²) >= 11 is 0. The number of oxazole rings is 1. The molecule has 0 bridgehead atoms. The molecule has 2 N–H and O–H groups in total. The van der Waals surface area contributed by atoms with Crippen LogP contribution in [0.25, 0.3) is 22.6 Å². The van der Waals surface area contributed by atoms with Crippen LogP contribution in [-0.2, 0) is 4.79 Å². The van der Waals surface area contributed by atoms with Crippen molar-refractivity contribution in [2.75, 3.05) is 0 Å². The number of nitrogens with zero attached hydrogens (tertiary/aromatic N) is 1. The average Bonchev–Trinajstić information content (AvgIpc) is 3.01. The third kappa shape index (κ3) is 2.63. The molecule has 3 aromatic rings. The monoisotopic (exact) mass is 292 g/mol. The van der Waals surface area contributed by atoms with E-state index in [4.69, 9.17) is 10.2 Å². The zero-order valence-electron chi connectivity index (χ0n) is 12.2. The Labute approximate surface area is 128 Å². The lowest BCUT2D eigenvalue weighted by Gasteiger charge is -2.01. The molecule has 3 rings (SSSR count). The maximum absolute atomic E-state index is 11.4. The maximum Gasteiger partial charge on any atom is 0.229 e. The lowest BCUT2D eigenvalue weighted by Crippen LogP contribution is -2.18. The van der Waals surface area contributed by atoms with Crippen molar-refractivity contribution in [2.24, 2.45) is 5.73 Å². The van der Waals surface area contributed by atoms with E-state index in [0.29, 0.717) is 11.7 Å². The molecule has 0 aliphatic carbocycles. The summed E-state index contributed by atoms with van der Waals surface area (Å²) in [6.07, 6.45) is 0. The van der Waals surface area contributed by atoms with Crippen molar-refractivity contribution in [1.29, 1.82) is 0 Å². The zero-order valence-corrected chi connectivity index (χ0v) is 12.2. The number of aromatic nitrogens is 1. The van der Waals surface area contributed by atoms with E-state index >= 15 is 0 Å². The molecule has 4 heteroatoms. The lowest BCUT2D eigenvalue weighted by atomic mass is 10.1. The first-order chi connectivity index (χ1) is 10.7. The van der Waals surface area contributed by atoms with Gasteiger partial charge in [0.25, 0.3) is 0 Å². The summed E-state index contributed by atoms with van der Waals surface area (Å²) in [5.74, 6) is -0.0412. The van der Waals surface area contributed by atoms with Gasteiger partial charge in [0.15, 0.2) is 5.76 Å². The van der Waals surface area contributed by atoms with E-state index in [1.54, 1.807) is 6.92 Å². The van der Waals surface area contributed by atoms with Crippen LogP contribution < -0.4 is 5.73 Å². The van der Waals surface area contributed by atoms with E-state index in [0.717, 1.165) is 16.8 Å². The van der Waals surface area contributed by atoms with E-state index in [-0.39, 0.29) is 0 Å². The number of carbonyl (C=O) groups is 1. The van der Waals surface area contributed by atoms with Crippen molar-refractivity contribution < 1.29 is 9.21 Å². The van der Waals surface area contributed by atoms with Gasteiger partial charge < -0.3 is 10.2 Å². The molecule has 2 aromatic carbocycles. The Balaban J connectivity index is 2.17. The van der Waals surface area contributed by atoms with Crippen molar-refractivity contribution in [2.45, 2.75) is 12.8 Å². The highest BCUT2D eigenvalue weighted by molar-refractivity contribution is 5.82. The summed E-state index contributed by atoms with van der Waals surface area (Å²) < 4.78 is 5.87. The second-order valence-corrected chi connectivity index (χ2v) is 5.09. The number of hydrogen-bond acceptors (Lipinski definition) is 3. The molecule has 22 heavy (non-hydrogen) atoms. The molecule has 0 aliphatic rings. The molecule has 110 valence electrons. The fourth-order valence-electron chi connectivity index (χ4n) is 2.22. The molecule has 1 atom stereocenters. The third-order valence-electron chi connectivity index (χ3n) is 3.52.